The number of phenols is 1. The van der Waals surface area contributed by atoms with Gasteiger partial charge in [0.25, 0.3) is 5.91 Å². The number of thioether (sulfide) groups is 1. The van der Waals surface area contributed by atoms with Gasteiger partial charge in [-0.25, -0.2) is 5.43 Å². The number of carbonyl (C=O) groups excluding carboxylic acids is 1. The molecular formula is C23H18ClN5O2S. The van der Waals surface area contributed by atoms with E-state index in [0.717, 1.165) is 11.3 Å². The Balaban J connectivity index is 1.50. The molecule has 0 saturated carbocycles. The number of hydrogen-bond donors (Lipinski definition) is 2. The van der Waals surface area contributed by atoms with E-state index in [1.807, 2.05) is 47.0 Å². The molecule has 4 aromatic rings. The summed E-state index contributed by atoms with van der Waals surface area (Å²) in [4.78, 5) is 12.3. The van der Waals surface area contributed by atoms with Crippen molar-refractivity contribution in [1.82, 2.24) is 20.2 Å². The highest BCUT2D eigenvalue weighted by molar-refractivity contribution is 7.99. The fourth-order valence-electron chi connectivity index (χ4n) is 2.91. The molecule has 32 heavy (non-hydrogen) atoms. The van der Waals surface area contributed by atoms with Crippen molar-refractivity contribution in [3.8, 4) is 22.8 Å². The molecule has 0 fully saturated rings. The van der Waals surface area contributed by atoms with Gasteiger partial charge in [-0.1, -0.05) is 65.8 Å². The van der Waals surface area contributed by atoms with Crippen molar-refractivity contribution in [2.75, 3.05) is 5.75 Å². The first kappa shape index (κ1) is 21.6. The number of hydrogen-bond acceptors (Lipinski definition) is 6. The quantitative estimate of drug-likeness (QED) is 0.238. The van der Waals surface area contributed by atoms with Gasteiger partial charge in [-0.15, -0.1) is 10.2 Å². The van der Waals surface area contributed by atoms with Gasteiger partial charge in [-0.3, -0.25) is 9.36 Å². The zero-order chi connectivity index (χ0) is 22.3. The Hall–Kier alpha value is -3.62. The van der Waals surface area contributed by atoms with Crippen LogP contribution in [0.3, 0.4) is 0 Å². The van der Waals surface area contributed by atoms with Gasteiger partial charge in [-0.2, -0.15) is 5.10 Å². The highest BCUT2D eigenvalue weighted by Gasteiger charge is 2.17. The molecule has 0 aliphatic heterocycles. The Morgan fingerprint density at radius 1 is 1.06 bits per heavy atom. The number of phenolic OH excluding ortho intramolecular Hbond substituents is 1. The Labute approximate surface area is 193 Å². The highest BCUT2D eigenvalue weighted by atomic mass is 35.5. The lowest BCUT2D eigenvalue weighted by Crippen LogP contribution is -2.20. The number of carbonyl (C=O) groups is 1. The molecule has 1 aromatic heterocycles. The van der Waals surface area contributed by atoms with Crippen molar-refractivity contribution < 1.29 is 9.90 Å². The third-order valence-corrected chi connectivity index (χ3v) is 5.54. The van der Waals surface area contributed by atoms with Gasteiger partial charge in [-0.05, 0) is 42.0 Å². The number of nitrogens with zero attached hydrogens (tertiary/aromatic N) is 4. The zero-order valence-electron chi connectivity index (χ0n) is 16.7. The van der Waals surface area contributed by atoms with E-state index in [4.69, 9.17) is 11.6 Å². The van der Waals surface area contributed by atoms with Crippen LogP contribution in [0, 0.1) is 0 Å². The minimum atomic E-state index is -0.293. The molecule has 0 unspecified atom stereocenters. The van der Waals surface area contributed by atoms with E-state index in [1.54, 1.807) is 36.4 Å². The fourth-order valence-corrected chi connectivity index (χ4v) is 3.78. The molecule has 7 nitrogen and oxygen atoms in total. The molecule has 160 valence electrons. The van der Waals surface area contributed by atoms with Crippen LogP contribution >= 0.6 is 23.4 Å². The Morgan fingerprint density at radius 2 is 1.84 bits per heavy atom. The second-order valence-electron chi connectivity index (χ2n) is 6.66. The molecular weight excluding hydrogens is 446 g/mol. The topological polar surface area (TPSA) is 92.4 Å². The van der Waals surface area contributed by atoms with Gasteiger partial charge in [0, 0.05) is 16.3 Å². The van der Waals surface area contributed by atoms with Crippen LogP contribution in [0.4, 0.5) is 0 Å². The van der Waals surface area contributed by atoms with E-state index < -0.39 is 0 Å². The van der Waals surface area contributed by atoms with E-state index in [0.29, 0.717) is 21.6 Å². The number of hydrazone groups is 1. The number of amides is 1. The van der Waals surface area contributed by atoms with Crippen LogP contribution in [0.2, 0.25) is 5.02 Å². The Morgan fingerprint density at radius 3 is 2.59 bits per heavy atom. The first-order chi connectivity index (χ1) is 15.6. The summed E-state index contributed by atoms with van der Waals surface area (Å²) >= 11 is 7.30. The maximum absolute atomic E-state index is 12.3. The minimum absolute atomic E-state index is 0.0951. The van der Waals surface area contributed by atoms with Gasteiger partial charge in [0.1, 0.15) is 5.75 Å². The molecule has 1 amide bonds. The summed E-state index contributed by atoms with van der Waals surface area (Å²) in [5, 5.41) is 23.2. The monoisotopic (exact) mass is 463 g/mol. The van der Waals surface area contributed by atoms with Crippen molar-refractivity contribution in [3.63, 3.8) is 0 Å². The van der Waals surface area contributed by atoms with Crippen molar-refractivity contribution >= 4 is 35.5 Å². The maximum atomic E-state index is 12.3. The number of nitrogens with one attached hydrogen (secondary N) is 1. The minimum Gasteiger partial charge on any atom is -0.508 e. The SMILES string of the molecule is O=C(CSc1nnc(-c2ccccc2)n1-c1ccc(Cl)cc1)NN=Cc1cccc(O)c1. The summed E-state index contributed by atoms with van der Waals surface area (Å²) in [6.45, 7) is 0. The predicted molar refractivity (Wildman–Crippen MR) is 126 cm³/mol. The van der Waals surface area contributed by atoms with E-state index in [9.17, 15) is 9.90 Å². The summed E-state index contributed by atoms with van der Waals surface area (Å²) < 4.78 is 1.89. The molecule has 2 N–H and O–H groups in total. The van der Waals surface area contributed by atoms with Crippen LogP contribution in [-0.2, 0) is 4.79 Å². The summed E-state index contributed by atoms with van der Waals surface area (Å²) in [5.41, 5.74) is 4.89. The van der Waals surface area contributed by atoms with E-state index in [2.05, 4.69) is 20.7 Å². The van der Waals surface area contributed by atoms with Crippen molar-refractivity contribution in [2.45, 2.75) is 5.16 Å². The third kappa shape index (κ3) is 5.35. The number of aromatic hydroxyl groups is 1. The second kappa shape index (κ2) is 10.1. The van der Waals surface area contributed by atoms with Crippen LogP contribution in [0.15, 0.2) is 89.1 Å². The largest absolute Gasteiger partial charge is 0.508 e. The van der Waals surface area contributed by atoms with Crippen molar-refractivity contribution in [1.29, 1.82) is 0 Å². The van der Waals surface area contributed by atoms with Gasteiger partial charge < -0.3 is 5.11 Å². The average Bonchev–Trinajstić information content (AvgIpc) is 3.23. The Bertz CT molecular complexity index is 1240. The molecule has 0 saturated heterocycles. The van der Waals surface area contributed by atoms with Gasteiger partial charge in [0.15, 0.2) is 11.0 Å². The van der Waals surface area contributed by atoms with Crippen LogP contribution in [0.1, 0.15) is 5.56 Å². The first-order valence-electron chi connectivity index (χ1n) is 9.60. The van der Waals surface area contributed by atoms with E-state index >= 15 is 0 Å². The highest BCUT2D eigenvalue weighted by Crippen LogP contribution is 2.28. The number of aromatic nitrogens is 3. The van der Waals surface area contributed by atoms with Crippen LogP contribution in [0.25, 0.3) is 17.1 Å². The molecule has 0 spiro atoms. The predicted octanol–water partition coefficient (Wildman–Crippen LogP) is 4.54. The van der Waals surface area contributed by atoms with Crippen LogP contribution < -0.4 is 5.43 Å². The number of benzene rings is 3. The smallest absolute Gasteiger partial charge is 0.250 e. The number of halogens is 1. The molecule has 0 aliphatic carbocycles. The lowest BCUT2D eigenvalue weighted by atomic mass is 10.2. The Kier molecular flexibility index (Phi) is 6.84. The second-order valence-corrected chi connectivity index (χ2v) is 8.04. The van der Waals surface area contributed by atoms with Crippen molar-refractivity contribution in [2.24, 2.45) is 5.10 Å². The average molecular weight is 464 g/mol. The zero-order valence-corrected chi connectivity index (χ0v) is 18.3. The molecule has 4 rings (SSSR count). The summed E-state index contributed by atoms with van der Waals surface area (Å²) in [6.07, 6.45) is 1.46. The summed E-state index contributed by atoms with van der Waals surface area (Å²) in [7, 11) is 0. The maximum Gasteiger partial charge on any atom is 0.250 e. The van der Waals surface area contributed by atoms with Crippen molar-refractivity contribution in [3.05, 3.63) is 89.4 Å². The van der Waals surface area contributed by atoms with Gasteiger partial charge in [0.05, 0.1) is 12.0 Å². The molecule has 0 atom stereocenters. The normalized spacial score (nSPS) is 11.0. The molecule has 3 aromatic carbocycles. The summed E-state index contributed by atoms with van der Waals surface area (Å²) in [5.74, 6) is 0.598. The van der Waals surface area contributed by atoms with Crippen LogP contribution in [0.5, 0.6) is 5.75 Å². The van der Waals surface area contributed by atoms with Crippen LogP contribution in [-0.4, -0.2) is 37.7 Å². The van der Waals surface area contributed by atoms with E-state index in [1.165, 1.54) is 18.0 Å². The lowest BCUT2D eigenvalue weighted by molar-refractivity contribution is -0.118. The summed E-state index contributed by atoms with van der Waals surface area (Å²) in [6, 6.07) is 23.6. The van der Waals surface area contributed by atoms with E-state index in [-0.39, 0.29) is 17.4 Å². The van der Waals surface area contributed by atoms with Gasteiger partial charge in [0.2, 0.25) is 0 Å². The fraction of sp³-hybridized carbons (Fsp3) is 0.0435. The molecule has 0 bridgehead atoms. The number of rotatable bonds is 7. The van der Waals surface area contributed by atoms with Gasteiger partial charge >= 0.3 is 0 Å². The molecule has 0 radical (unpaired) electrons. The molecule has 0 aliphatic rings. The molecule has 9 heteroatoms. The standard InChI is InChI=1S/C23H18ClN5O2S/c24-18-9-11-19(12-10-18)29-22(17-6-2-1-3-7-17)27-28-23(29)32-15-21(31)26-25-14-16-5-4-8-20(30)13-16/h1-14,30H,15H2,(H,26,31). The lowest BCUT2D eigenvalue weighted by Gasteiger charge is -2.10. The first-order valence-corrected chi connectivity index (χ1v) is 11.0. The molecule has 1 heterocycles. The third-order valence-electron chi connectivity index (χ3n) is 4.36.